The zero-order valence-electron chi connectivity index (χ0n) is 10.9. The average Bonchev–Trinajstić information content (AvgIpc) is 2.10. The quantitative estimate of drug-likeness (QED) is 0.625. The van der Waals surface area contributed by atoms with Crippen LogP contribution in [0.4, 0.5) is 0 Å². The zero-order chi connectivity index (χ0) is 11.7. The molecule has 0 saturated carbocycles. The Morgan fingerprint density at radius 1 is 1.13 bits per heavy atom. The monoisotopic (exact) mass is 207 g/mol. The third kappa shape index (κ3) is 2.72. The Morgan fingerprint density at radius 3 is 2.00 bits per heavy atom. The van der Waals surface area contributed by atoms with E-state index < -0.39 is 0 Å². The molecule has 1 aliphatic heterocycles. The van der Waals surface area contributed by atoms with Gasteiger partial charge < -0.3 is 0 Å². The summed E-state index contributed by atoms with van der Waals surface area (Å²) in [6.07, 6.45) is 8.73. The van der Waals surface area contributed by atoms with Crippen molar-refractivity contribution in [3.05, 3.63) is 24.8 Å². The van der Waals surface area contributed by atoms with Crippen LogP contribution in [0.5, 0.6) is 0 Å². The number of likely N-dealkylation sites (tertiary alicyclic amines) is 1. The molecule has 0 aromatic heterocycles. The van der Waals surface area contributed by atoms with Gasteiger partial charge >= 0.3 is 0 Å². The molecule has 0 atom stereocenters. The van der Waals surface area contributed by atoms with Gasteiger partial charge in [-0.2, -0.15) is 0 Å². The third-order valence-electron chi connectivity index (χ3n) is 3.86. The molecule has 1 nitrogen and oxygen atoms in total. The number of nitrogens with zero attached hydrogens (tertiary/aromatic N) is 1. The Morgan fingerprint density at radius 2 is 1.60 bits per heavy atom. The van der Waals surface area contributed by atoms with Crippen molar-refractivity contribution >= 4 is 0 Å². The summed E-state index contributed by atoms with van der Waals surface area (Å²) in [6, 6.07) is 0. The van der Waals surface area contributed by atoms with Crippen LogP contribution in [-0.2, 0) is 0 Å². The lowest BCUT2D eigenvalue weighted by atomic mass is 9.74. The predicted octanol–water partition coefficient (Wildman–Crippen LogP) is 3.63. The second-order valence-corrected chi connectivity index (χ2v) is 5.97. The lowest BCUT2D eigenvalue weighted by molar-refractivity contribution is -0.0194. The first-order chi connectivity index (χ1) is 6.79. The van der Waals surface area contributed by atoms with Gasteiger partial charge in [0.05, 0.1) is 0 Å². The van der Waals surface area contributed by atoms with Crippen molar-refractivity contribution in [2.75, 3.05) is 7.05 Å². The maximum absolute atomic E-state index is 3.74. The topological polar surface area (TPSA) is 3.24 Å². The highest BCUT2D eigenvalue weighted by Crippen LogP contribution is 2.40. The molecule has 0 bridgehead atoms. The summed E-state index contributed by atoms with van der Waals surface area (Å²) in [7, 11) is 2.24. The minimum atomic E-state index is 0.290. The first kappa shape index (κ1) is 12.5. The Hall–Kier alpha value is -0.560. The van der Waals surface area contributed by atoms with Gasteiger partial charge in [0.1, 0.15) is 0 Å². The van der Waals surface area contributed by atoms with E-state index in [-0.39, 0.29) is 11.1 Å². The van der Waals surface area contributed by atoms with Crippen molar-refractivity contribution in [2.45, 2.75) is 51.6 Å². The van der Waals surface area contributed by atoms with Crippen LogP contribution in [-0.4, -0.2) is 23.0 Å². The van der Waals surface area contributed by atoms with Gasteiger partial charge in [-0.15, -0.1) is 0 Å². The van der Waals surface area contributed by atoms with Crippen molar-refractivity contribution in [3.8, 4) is 0 Å². The van der Waals surface area contributed by atoms with Crippen LogP contribution in [0.25, 0.3) is 0 Å². The van der Waals surface area contributed by atoms with Gasteiger partial charge in [-0.25, -0.2) is 0 Å². The molecule has 1 fully saturated rings. The second-order valence-electron chi connectivity index (χ2n) is 5.97. The number of hydrogen-bond acceptors (Lipinski definition) is 1. The number of allylic oxidation sites excluding steroid dienone is 3. The molecule has 15 heavy (non-hydrogen) atoms. The van der Waals surface area contributed by atoms with Gasteiger partial charge in [0, 0.05) is 11.1 Å². The Labute approximate surface area is 94.9 Å². The first-order valence-electron chi connectivity index (χ1n) is 5.83. The van der Waals surface area contributed by atoms with E-state index >= 15 is 0 Å². The van der Waals surface area contributed by atoms with E-state index in [1.807, 2.05) is 6.08 Å². The van der Waals surface area contributed by atoms with Crippen LogP contribution in [0, 0.1) is 5.92 Å². The largest absolute Gasteiger partial charge is 0.296 e. The Bertz CT molecular complexity index is 243. The second kappa shape index (κ2) is 4.13. The van der Waals surface area contributed by atoms with Crippen LogP contribution < -0.4 is 0 Å². The number of piperidine rings is 1. The van der Waals surface area contributed by atoms with Gasteiger partial charge in [0.2, 0.25) is 0 Å². The van der Waals surface area contributed by atoms with Gasteiger partial charge in [0.25, 0.3) is 0 Å². The first-order valence-corrected chi connectivity index (χ1v) is 5.83. The minimum Gasteiger partial charge on any atom is -0.296 e. The summed E-state index contributed by atoms with van der Waals surface area (Å²) in [5.41, 5.74) is 0.579. The van der Waals surface area contributed by atoms with Crippen LogP contribution in [0.1, 0.15) is 40.5 Å². The highest BCUT2D eigenvalue weighted by atomic mass is 15.2. The summed E-state index contributed by atoms with van der Waals surface area (Å²) >= 11 is 0. The molecule has 0 amide bonds. The van der Waals surface area contributed by atoms with Crippen molar-refractivity contribution in [1.82, 2.24) is 4.90 Å². The lowest BCUT2D eigenvalue weighted by Crippen LogP contribution is -2.58. The highest BCUT2D eigenvalue weighted by Gasteiger charge is 2.41. The molecule has 0 N–H and O–H groups in total. The summed E-state index contributed by atoms with van der Waals surface area (Å²) in [6.45, 7) is 13.1. The normalized spacial score (nSPS) is 27.0. The lowest BCUT2D eigenvalue weighted by Gasteiger charge is -2.53. The van der Waals surface area contributed by atoms with Gasteiger partial charge in [-0.1, -0.05) is 24.8 Å². The van der Waals surface area contributed by atoms with Crippen molar-refractivity contribution < 1.29 is 0 Å². The summed E-state index contributed by atoms with van der Waals surface area (Å²) in [4.78, 5) is 2.51. The van der Waals surface area contributed by atoms with Crippen LogP contribution in [0.3, 0.4) is 0 Å². The van der Waals surface area contributed by atoms with E-state index in [9.17, 15) is 0 Å². The molecular formula is C14H25N. The molecule has 1 aliphatic rings. The van der Waals surface area contributed by atoms with E-state index in [0.29, 0.717) is 5.92 Å². The van der Waals surface area contributed by atoms with Crippen molar-refractivity contribution in [2.24, 2.45) is 5.92 Å². The van der Waals surface area contributed by atoms with Crippen LogP contribution in [0.2, 0.25) is 0 Å². The van der Waals surface area contributed by atoms with Gasteiger partial charge in [-0.05, 0) is 53.5 Å². The zero-order valence-corrected chi connectivity index (χ0v) is 10.9. The van der Waals surface area contributed by atoms with Crippen LogP contribution in [0.15, 0.2) is 24.8 Å². The smallest absolute Gasteiger partial charge is 0.0161 e. The number of rotatable bonds is 2. The summed E-state index contributed by atoms with van der Waals surface area (Å²) < 4.78 is 0. The van der Waals surface area contributed by atoms with E-state index in [2.05, 4.69) is 58.4 Å². The van der Waals surface area contributed by atoms with Crippen molar-refractivity contribution in [3.63, 3.8) is 0 Å². The van der Waals surface area contributed by atoms with E-state index in [4.69, 9.17) is 0 Å². The van der Waals surface area contributed by atoms with Crippen LogP contribution >= 0.6 is 0 Å². The average molecular weight is 207 g/mol. The number of hydrogen-bond donors (Lipinski definition) is 0. The maximum Gasteiger partial charge on any atom is 0.0161 e. The summed E-state index contributed by atoms with van der Waals surface area (Å²) in [5.74, 6) is 0.684. The van der Waals surface area contributed by atoms with E-state index in [1.165, 1.54) is 12.8 Å². The molecule has 0 aliphatic carbocycles. The fourth-order valence-electron chi connectivity index (χ4n) is 2.82. The highest BCUT2D eigenvalue weighted by molar-refractivity contribution is 5.07. The molecule has 0 aromatic rings. The minimum absolute atomic E-state index is 0.290. The molecule has 86 valence electrons. The van der Waals surface area contributed by atoms with E-state index in [1.54, 1.807) is 0 Å². The third-order valence-corrected chi connectivity index (χ3v) is 3.86. The van der Waals surface area contributed by atoms with Gasteiger partial charge in [-0.3, -0.25) is 4.90 Å². The van der Waals surface area contributed by atoms with Gasteiger partial charge in [0.15, 0.2) is 0 Å². The molecule has 1 heteroatoms. The SMILES string of the molecule is C=C/C=C/C1CC(C)(C)N(C)C(C)(C)C1. The molecule has 1 saturated heterocycles. The standard InChI is InChI=1S/C14H25N/c1-7-8-9-12-10-13(2,3)15(6)14(4,5)11-12/h7-9,12H,1,10-11H2,2-6H3/b9-8+. The molecule has 0 spiro atoms. The van der Waals surface area contributed by atoms with Crippen molar-refractivity contribution in [1.29, 1.82) is 0 Å². The fourth-order valence-corrected chi connectivity index (χ4v) is 2.82. The Balaban J connectivity index is 2.83. The molecular weight excluding hydrogens is 182 g/mol. The molecule has 0 radical (unpaired) electrons. The summed E-state index contributed by atoms with van der Waals surface area (Å²) in [5, 5.41) is 0. The Kier molecular flexibility index (Phi) is 3.44. The van der Waals surface area contributed by atoms with E-state index in [0.717, 1.165) is 0 Å². The fraction of sp³-hybridized carbons (Fsp3) is 0.714. The maximum atomic E-state index is 3.74. The molecule has 0 unspecified atom stereocenters. The molecule has 0 aromatic carbocycles. The molecule has 1 rings (SSSR count). The predicted molar refractivity (Wildman–Crippen MR) is 68.0 cm³/mol. The molecule has 1 heterocycles.